The summed E-state index contributed by atoms with van der Waals surface area (Å²) < 4.78 is 5.15. The number of nitrogens with zero attached hydrogens (tertiary/aromatic N) is 2. The third kappa shape index (κ3) is 3.32. The first-order chi connectivity index (χ1) is 8.17. The number of halogens is 2. The van der Waals surface area contributed by atoms with Crippen LogP contribution >= 0.6 is 23.2 Å². The van der Waals surface area contributed by atoms with E-state index in [1.54, 1.807) is 7.11 Å². The molecule has 3 nitrogen and oxygen atoms in total. The van der Waals surface area contributed by atoms with Crippen LogP contribution in [0.2, 0.25) is 10.3 Å². The summed E-state index contributed by atoms with van der Waals surface area (Å²) in [6.07, 6.45) is 0.567. The molecule has 0 unspecified atom stereocenters. The molecule has 0 N–H and O–H groups in total. The summed E-state index contributed by atoms with van der Waals surface area (Å²) in [6.45, 7) is 0. The second kappa shape index (κ2) is 5.34. The van der Waals surface area contributed by atoms with Crippen LogP contribution in [0.3, 0.4) is 0 Å². The Morgan fingerprint density at radius 3 is 2.47 bits per heavy atom. The molecule has 1 aromatic carbocycles. The van der Waals surface area contributed by atoms with Gasteiger partial charge < -0.3 is 4.74 Å². The van der Waals surface area contributed by atoms with E-state index in [0.29, 0.717) is 22.6 Å². The van der Waals surface area contributed by atoms with E-state index < -0.39 is 0 Å². The zero-order chi connectivity index (χ0) is 12.3. The van der Waals surface area contributed by atoms with Crippen LogP contribution < -0.4 is 4.74 Å². The highest BCUT2D eigenvalue weighted by Gasteiger charge is 2.04. The maximum atomic E-state index is 5.81. The van der Waals surface area contributed by atoms with Crippen LogP contribution in [-0.2, 0) is 6.42 Å². The molecule has 0 bridgehead atoms. The molecule has 0 aliphatic heterocycles. The summed E-state index contributed by atoms with van der Waals surface area (Å²) in [6, 6.07) is 9.21. The van der Waals surface area contributed by atoms with Crippen LogP contribution in [0.5, 0.6) is 5.75 Å². The molecular formula is C12H10Cl2N2O. The highest BCUT2D eigenvalue weighted by atomic mass is 35.5. The van der Waals surface area contributed by atoms with Crippen molar-refractivity contribution in [3.8, 4) is 5.75 Å². The fourth-order valence-electron chi connectivity index (χ4n) is 1.48. The third-order valence-corrected chi connectivity index (χ3v) is 2.59. The molecule has 0 fully saturated rings. The Morgan fingerprint density at radius 2 is 1.82 bits per heavy atom. The van der Waals surface area contributed by atoms with Crippen LogP contribution in [-0.4, -0.2) is 17.1 Å². The van der Waals surface area contributed by atoms with Crippen molar-refractivity contribution in [1.82, 2.24) is 9.97 Å². The lowest BCUT2D eigenvalue weighted by Gasteiger charge is -2.04. The van der Waals surface area contributed by atoms with Gasteiger partial charge in [-0.2, -0.15) is 0 Å². The standard InChI is InChI=1S/C12H10Cl2N2O/c1-17-9-4-2-3-8(5-9)6-12-15-10(13)7-11(14)16-12/h2-5,7H,6H2,1H3. The second-order valence-corrected chi connectivity index (χ2v) is 4.23. The molecule has 0 aliphatic rings. The van der Waals surface area contributed by atoms with Crippen molar-refractivity contribution in [2.75, 3.05) is 7.11 Å². The van der Waals surface area contributed by atoms with Crippen molar-refractivity contribution in [2.45, 2.75) is 6.42 Å². The Kier molecular flexibility index (Phi) is 3.82. The molecule has 0 saturated heterocycles. The van der Waals surface area contributed by atoms with Gasteiger partial charge in [0.15, 0.2) is 0 Å². The maximum Gasteiger partial charge on any atom is 0.136 e. The zero-order valence-electron chi connectivity index (χ0n) is 9.15. The zero-order valence-corrected chi connectivity index (χ0v) is 10.7. The number of ether oxygens (including phenoxy) is 1. The topological polar surface area (TPSA) is 35.0 Å². The van der Waals surface area contributed by atoms with Gasteiger partial charge in [0.2, 0.25) is 0 Å². The summed E-state index contributed by atoms with van der Waals surface area (Å²) in [4.78, 5) is 8.23. The van der Waals surface area contributed by atoms with Gasteiger partial charge in [-0.15, -0.1) is 0 Å². The average molecular weight is 269 g/mol. The molecule has 1 aromatic heterocycles. The van der Waals surface area contributed by atoms with Crippen LogP contribution in [0, 0.1) is 0 Å². The Bertz CT molecular complexity index is 511. The van der Waals surface area contributed by atoms with E-state index in [1.165, 1.54) is 6.07 Å². The largest absolute Gasteiger partial charge is 0.497 e. The Labute approximate surface area is 109 Å². The molecule has 2 aromatic rings. The van der Waals surface area contributed by atoms with E-state index in [1.807, 2.05) is 24.3 Å². The minimum atomic E-state index is 0.350. The van der Waals surface area contributed by atoms with E-state index in [2.05, 4.69) is 9.97 Å². The highest BCUT2D eigenvalue weighted by Crippen LogP contribution is 2.17. The molecule has 2 rings (SSSR count). The van der Waals surface area contributed by atoms with Crippen molar-refractivity contribution in [2.24, 2.45) is 0 Å². The van der Waals surface area contributed by atoms with E-state index >= 15 is 0 Å². The van der Waals surface area contributed by atoms with Crippen molar-refractivity contribution in [1.29, 1.82) is 0 Å². The van der Waals surface area contributed by atoms with Gasteiger partial charge in [-0.25, -0.2) is 9.97 Å². The van der Waals surface area contributed by atoms with Crippen molar-refractivity contribution >= 4 is 23.2 Å². The fraction of sp³-hybridized carbons (Fsp3) is 0.167. The predicted molar refractivity (Wildman–Crippen MR) is 67.9 cm³/mol. The van der Waals surface area contributed by atoms with Crippen LogP contribution in [0.4, 0.5) is 0 Å². The maximum absolute atomic E-state index is 5.81. The number of rotatable bonds is 3. The van der Waals surface area contributed by atoms with Crippen LogP contribution in [0.25, 0.3) is 0 Å². The van der Waals surface area contributed by atoms with Crippen molar-refractivity contribution in [3.05, 3.63) is 52.0 Å². The second-order valence-electron chi connectivity index (χ2n) is 3.46. The Hall–Kier alpha value is -1.32. The minimum absolute atomic E-state index is 0.350. The van der Waals surface area contributed by atoms with Gasteiger partial charge in [-0.3, -0.25) is 0 Å². The van der Waals surface area contributed by atoms with Crippen molar-refractivity contribution in [3.63, 3.8) is 0 Å². The molecule has 0 aliphatic carbocycles. The van der Waals surface area contributed by atoms with Crippen molar-refractivity contribution < 1.29 is 4.74 Å². The lowest BCUT2D eigenvalue weighted by molar-refractivity contribution is 0.414. The van der Waals surface area contributed by atoms with Gasteiger partial charge in [-0.1, -0.05) is 35.3 Å². The van der Waals surface area contributed by atoms with Gasteiger partial charge in [0.05, 0.1) is 7.11 Å². The third-order valence-electron chi connectivity index (χ3n) is 2.21. The number of aromatic nitrogens is 2. The molecule has 5 heteroatoms. The molecular weight excluding hydrogens is 259 g/mol. The first-order valence-corrected chi connectivity index (χ1v) is 5.75. The van der Waals surface area contributed by atoms with Gasteiger partial charge >= 0.3 is 0 Å². The quantitative estimate of drug-likeness (QED) is 0.801. The first-order valence-electron chi connectivity index (χ1n) is 4.99. The molecule has 0 saturated carbocycles. The summed E-state index contributed by atoms with van der Waals surface area (Å²) in [5, 5.41) is 0.700. The first kappa shape index (κ1) is 12.1. The van der Waals surface area contributed by atoms with Crippen LogP contribution in [0.15, 0.2) is 30.3 Å². The van der Waals surface area contributed by atoms with E-state index in [9.17, 15) is 0 Å². The lowest BCUT2D eigenvalue weighted by Crippen LogP contribution is -1.97. The summed E-state index contributed by atoms with van der Waals surface area (Å²) in [5.74, 6) is 1.39. The average Bonchev–Trinajstić information content (AvgIpc) is 2.28. The Morgan fingerprint density at radius 1 is 1.12 bits per heavy atom. The lowest BCUT2D eigenvalue weighted by atomic mass is 10.1. The van der Waals surface area contributed by atoms with Crippen LogP contribution in [0.1, 0.15) is 11.4 Å². The SMILES string of the molecule is COc1cccc(Cc2nc(Cl)cc(Cl)n2)c1. The van der Waals surface area contributed by atoms with Gasteiger partial charge in [0.25, 0.3) is 0 Å². The molecule has 88 valence electrons. The summed E-state index contributed by atoms with van der Waals surface area (Å²) in [7, 11) is 1.63. The van der Waals surface area contributed by atoms with Gasteiger partial charge in [0, 0.05) is 12.5 Å². The molecule has 0 atom stereocenters. The summed E-state index contributed by atoms with van der Waals surface area (Å²) >= 11 is 11.6. The van der Waals surface area contributed by atoms with Gasteiger partial charge in [-0.05, 0) is 17.7 Å². The number of benzene rings is 1. The monoisotopic (exact) mass is 268 g/mol. The smallest absolute Gasteiger partial charge is 0.136 e. The van der Waals surface area contributed by atoms with E-state index in [-0.39, 0.29) is 0 Å². The van der Waals surface area contributed by atoms with Gasteiger partial charge in [0.1, 0.15) is 21.9 Å². The normalized spacial score (nSPS) is 10.3. The fourth-order valence-corrected chi connectivity index (χ4v) is 1.94. The minimum Gasteiger partial charge on any atom is -0.497 e. The molecule has 17 heavy (non-hydrogen) atoms. The molecule has 0 spiro atoms. The van der Waals surface area contributed by atoms with E-state index in [4.69, 9.17) is 27.9 Å². The Balaban J connectivity index is 2.24. The summed E-state index contributed by atoms with van der Waals surface area (Å²) in [5.41, 5.74) is 1.04. The number of hydrogen-bond acceptors (Lipinski definition) is 3. The van der Waals surface area contributed by atoms with E-state index in [0.717, 1.165) is 11.3 Å². The number of methoxy groups -OCH3 is 1. The molecule has 0 amide bonds. The highest BCUT2D eigenvalue weighted by molar-refractivity contribution is 6.33. The molecule has 0 radical (unpaired) electrons. The number of hydrogen-bond donors (Lipinski definition) is 0. The predicted octanol–water partition coefficient (Wildman–Crippen LogP) is 3.38. The molecule has 1 heterocycles.